The number of nitriles is 1. The minimum absolute atomic E-state index is 0.0688. The Hall–Kier alpha value is -1.61. The van der Waals surface area contributed by atoms with Crippen LogP contribution in [0.1, 0.15) is 11.1 Å². The SMILES string of the molecule is N#Cc1cnc(NSCc2cc(Cl)cc(Cl)c2)c(O)c1. The maximum atomic E-state index is 9.68. The molecule has 102 valence electrons. The van der Waals surface area contributed by atoms with Gasteiger partial charge in [0, 0.05) is 28.1 Å². The summed E-state index contributed by atoms with van der Waals surface area (Å²) in [5.41, 5.74) is 1.26. The lowest BCUT2D eigenvalue weighted by atomic mass is 10.2. The Bertz CT molecular complexity index is 653. The third-order valence-corrected chi connectivity index (χ3v) is 3.58. The van der Waals surface area contributed by atoms with Gasteiger partial charge in [0.1, 0.15) is 6.07 Å². The van der Waals surface area contributed by atoms with Gasteiger partial charge < -0.3 is 9.83 Å². The molecule has 20 heavy (non-hydrogen) atoms. The Labute approximate surface area is 130 Å². The van der Waals surface area contributed by atoms with Crippen LogP contribution in [0, 0.1) is 11.3 Å². The van der Waals surface area contributed by atoms with E-state index in [4.69, 9.17) is 28.5 Å². The fraction of sp³-hybridized carbons (Fsp3) is 0.0769. The van der Waals surface area contributed by atoms with Crippen LogP contribution < -0.4 is 4.72 Å². The molecule has 2 aromatic rings. The number of aromatic nitrogens is 1. The predicted octanol–water partition coefficient (Wildman–Crippen LogP) is 4.23. The quantitative estimate of drug-likeness (QED) is 0.823. The standard InChI is InChI=1S/C13H9Cl2N3OS/c14-10-1-8(2-11(15)4-10)7-20-18-13-12(19)3-9(5-16)6-17-13/h1-4,6,19H,7H2,(H,17,18). The Morgan fingerprint density at radius 2 is 1.95 bits per heavy atom. The van der Waals surface area contributed by atoms with Crippen molar-refractivity contribution in [1.82, 2.24) is 4.98 Å². The highest BCUT2D eigenvalue weighted by Gasteiger charge is 2.05. The Morgan fingerprint density at radius 3 is 2.55 bits per heavy atom. The van der Waals surface area contributed by atoms with Crippen molar-refractivity contribution in [2.75, 3.05) is 4.72 Å². The number of pyridine rings is 1. The molecule has 0 spiro atoms. The molecule has 0 atom stereocenters. The van der Waals surface area contributed by atoms with Crippen LogP contribution in [0.3, 0.4) is 0 Å². The highest BCUT2D eigenvalue weighted by atomic mass is 35.5. The van der Waals surface area contributed by atoms with Gasteiger partial charge in [0.2, 0.25) is 0 Å². The van der Waals surface area contributed by atoms with Gasteiger partial charge in [-0.2, -0.15) is 5.26 Å². The summed E-state index contributed by atoms with van der Waals surface area (Å²) in [6.45, 7) is 0. The number of halogens is 2. The molecule has 0 saturated carbocycles. The first-order valence-corrected chi connectivity index (χ1v) is 7.24. The Kier molecular flexibility index (Phi) is 4.96. The summed E-state index contributed by atoms with van der Waals surface area (Å²) in [7, 11) is 0. The number of aromatic hydroxyl groups is 1. The molecule has 4 nitrogen and oxygen atoms in total. The Balaban J connectivity index is 1.98. The monoisotopic (exact) mass is 325 g/mol. The molecule has 0 unspecified atom stereocenters. The summed E-state index contributed by atoms with van der Waals surface area (Å²) in [6.07, 6.45) is 1.39. The molecular weight excluding hydrogens is 317 g/mol. The van der Waals surface area contributed by atoms with Crippen LogP contribution in [-0.2, 0) is 5.75 Å². The third-order valence-electron chi connectivity index (χ3n) is 2.33. The van der Waals surface area contributed by atoms with Gasteiger partial charge in [0.15, 0.2) is 11.6 Å². The van der Waals surface area contributed by atoms with Crippen LogP contribution >= 0.6 is 35.1 Å². The van der Waals surface area contributed by atoms with Crippen molar-refractivity contribution in [3.8, 4) is 11.8 Å². The lowest BCUT2D eigenvalue weighted by Gasteiger charge is -2.07. The van der Waals surface area contributed by atoms with Crippen LogP contribution in [0.4, 0.5) is 5.82 Å². The summed E-state index contributed by atoms with van der Waals surface area (Å²) in [4.78, 5) is 3.96. The number of hydrogen-bond acceptors (Lipinski definition) is 5. The molecule has 0 bridgehead atoms. The van der Waals surface area contributed by atoms with Gasteiger partial charge >= 0.3 is 0 Å². The number of rotatable bonds is 4. The van der Waals surface area contributed by atoms with Crippen molar-refractivity contribution in [3.63, 3.8) is 0 Å². The molecule has 0 aliphatic rings. The van der Waals surface area contributed by atoms with Gasteiger partial charge in [-0.25, -0.2) is 4.98 Å². The summed E-state index contributed by atoms with van der Waals surface area (Å²) in [6, 6.07) is 8.55. The molecule has 0 amide bonds. The van der Waals surface area contributed by atoms with Crippen molar-refractivity contribution in [2.45, 2.75) is 5.75 Å². The molecular formula is C13H9Cl2N3OS. The third kappa shape index (κ3) is 3.94. The first-order chi connectivity index (χ1) is 9.58. The summed E-state index contributed by atoms with van der Waals surface area (Å²) in [5, 5.41) is 19.5. The highest BCUT2D eigenvalue weighted by Crippen LogP contribution is 2.26. The molecule has 0 aliphatic heterocycles. The van der Waals surface area contributed by atoms with E-state index in [2.05, 4.69) is 9.71 Å². The fourth-order valence-electron chi connectivity index (χ4n) is 1.47. The summed E-state index contributed by atoms with van der Waals surface area (Å²) >= 11 is 13.1. The van der Waals surface area contributed by atoms with E-state index in [9.17, 15) is 5.11 Å². The normalized spacial score (nSPS) is 10.1. The maximum absolute atomic E-state index is 9.68. The molecule has 1 aromatic carbocycles. The second kappa shape index (κ2) is 6.71. The minimum Gasteiger partial charge on any atom is -0.504 e. The van der Waals surface area contributed by atoms with E-state index in [1.54, 1.807) is 6.07 Å². The van der Waals surface area contributed by atoms with Crippen LogP contribution in [0.2, 0.25) is 10.0 Å². The first-order valence-electron chi connectivity index (χ1n) is 5.50. The van der Waals surface area contributed by atoms with E-state index in [-0.39, 0.29) is 5.75 Å². The van der Waals surface area contributed by atoms with Crippen molar-refractivity contribution in [2.24, 2.45) is 0 Å². The summed E-state index contributed by atoms with van der Waals surface area (Å²) < 4.78 is 2.91. The van der Waals surface area contributed by atoms with Crippen LogP contribution in [-0.4, -0.2) is 10.1 Å². The van der Waals surface area contributed by atoms with E-state index in [0.717, 1.165) is 5.56 Å². The molecule has 2 N–H and O–H groups in total. The average Bonchev–Trinajstić information content (AvgIpc) is 2.39. The zero-order valence-corrected chi connectivity index (χ0v) is 12.4. The molecule has 2 rings (SSSR count). The van der Waals surface area contributed by atoms with Gasteiger partial charge in [0.05, 0.1) is 5.56 Å². The molecule has 0 fully saturated rings. The highest BCUT2D eigenvalue weighted by molar-refractivity contribution is 7.99. The number of benzene rings is 1. The second-order valence-corrected chi connectivity index (χ2v) is 5.53. The van der Waals surface area contributed by atoms with Crippen molar-refractivity contribution in [3.05, 3.63) is 51.6 Å². The molecule has 0 radical (unpaired) electrons. The summed E-state index contributed by atoms with van der Waals surface area (Å²) in [5.74, 6) is 0.837. The van der Waals surface area contributed by atoms with E-state index in [1.165, 1.54) is 24.2 Å². The van der Waals surface area contributed by atoms with Crippen LogP contribution in [0.25, 0.3) is 0 Å². The predicted molar refractivity (Wildman–Crippen MR) is 82.0 cm³/mol. The Morgan fingerprint density at radius 1 is 1.25 bits per heavy atom. The van der Waals surface area contributed by atoms with E-state index in [1.807, 2.05) is 18.2 Å². The van der Waals surface area contributed by atoms with Crippen LogP contribution in [0.5, 0.6) is 5.75 Å². The molecule has 7 heteroatoms. The lowest BCUT2D eigenvalue weighted by Crippen LogP contribution is -1.93. The zero-order chi connectivity index (χ0) is 14.5. The first kappa shape index (κ1) is 14.8. The van der Waals surface area contributed by atoms with E-state index < -0.39 is 0 Å². The fourth-order valence-corrected chi connectivity index (χ4v) is 2.75. The molecule has 0 saturated heterocycles. The van der Waals surface area contributed by atoms with Gasteiger partial charge in [-0.05, 0) is 35.7 Å². The zero-order valence-electron chi connectivity index (χ0n) is 10.1. The van der Waals surface area contributed by atoms with E-state index in [0.29, 0.717) is 27.2 Å². The molecule has 1 heterocycles. The van der Waals surface area contributed by atoms with Crippen molar-refractivity contribution >= 4 is 41.0 Å². The molecule has 0 aliphatic carbocycles. The second-order valence-electron chi connectivity index (χ2n) is 3.87. The number of nitrogens with zero attached hydrogens (tertiary/aromatic N) is 2. The smallest absolute Gasteiger partial charge is 0.178 e. The van der Waals surface area contributed by atoms with Crippen molar-refractivity contribution < 1.29 is 5.11 Å². The van der Waals surface area contributed by atoms with Gasteiger partial charge in [0.25, 0.3) is 0 Å². The topological polar surface area (TPSA) is 68.9 Å². The lowest BCUT2D eigenvalue weighted by molar-refractivity contribution is 0.475. The largest absolute Gasteiger partial charge is 0.504 e. The average molecular weight is 326 g/mol. The van der Waals surface area contributed by atoms with Crippen molar-refractivity contribution in [1.29, 1.82) is 5.26 Å². The van der Waals surface area contributed by atoms with Gasteiger partial charge in [-0.1, -0.05) is 23.2 Å². The number of nitrogens with one attached hydrogen (secondary N) is 1. The van der Waals surface area contributed by atoms with Gasteiger partial charge in [-0.3, -0.25) is 0 Å². The van der Waals surface area contributed by atoms with Crippen LogP contribution in [0.15, 0.2) is 30.5 Å². The number of hydrogen-bond donors (Lipinski definition) is 2. The van der Waals surface area contributed by atoms with E-state index >= 15 is 0 Å². The van der Waals surface area contributed by atoms with Gasteiger partial charge in [-0.15, -0.1) is 0 Å². The number of anilines is 1. The maximum Gasteiger partial charge on any atom is 0.178 e. The molecule has 1 aromatic heterocycles. The minimum atomic E-state index is -0.0688.